The Morgan fingerprint density at radius 1 is 1.29 bits per heavy atom. The zero-order valence-electron chi connectivity index (χ0n) is 13.5. The van der Waals surface area contributed by atoms with Gasteiger partial charge in [0.2, 0.25) is 0 Å². The second-order valence-electron chi connectivity index (χ2n) is 5.54. The number of carbonyl (C=O) groups is 2. The summed E-state index contributed by atoms with van der Waals surface area (Å²) in [6.45, 7) is 3.72. The largest absolute Gasteiger partial charge is 0.480 e. The molecule has 0 bridgehead atoms. The number of ether oxygens (including phenoxy) is 1. The van der Waals surface area contributed by atoms with E-state index in [0.717, 1.165) is 5.56 Å². The fourth-order valence-electron chi connectivity index (χ4n) is 1.98. The highest BCUT2D eigenvalue weighted by atomic mass is 17.1. The maximum absolute atomic E-state index is 11.8. The molecule has 1 rings (SSSR count). The highest BCUT2D eigenvalue weighted by Crippen LogP contribution is 2.14. The standard InChI is InChI=1S/C15H22N2O7/c1-10(2)8-13(14(18)19)16-15(20)24-12-5-3-4-11(9-12)6-7-23-17(21)22/h3-5,9-10,13,21-22H,6-8H2,1-2H3,(H,16,20)(H,18,19). The molecule has 9 nitrogen and oxygen atoms in total. The first-order valence-electron chi connectivity index (χ1n) is 7.38. The van der Waals surface area contributed by atoms with E-state index in [9.17, 15) is 9.59 Å². The van der Waals surface area contributed by atoms with Gasteiger partial charge in [-0.25, -0.2) is 9.59 Å². The Morgan fingerprint density at radius 2 is 2.00 bits per heavy atom. The van der Waals surface area contributed by atoms with Crippen molar-refractivity contribution in [3.63, 3.8) is 0 Å². The van der Waals surface area contributed by atoms with Crippen LogP contribution < -0.4 is 10.1 Å². The van der Waals surface area contributed by atoms with Crippen LogP contribution in [0.1, 0.15) is 25.8 Å². The number of hydrogen-bond donors (Lipinski definition) is 4. The molecule has 1 unspecified atom stereocenters. The summed E-state index contributed by atoms with van der Waals surface area (Å²) in [5, 5.41) is 27.9. The third-order valence-corrected chi connectivity index (χ3v) is 3.00. The lowest BCUT2D eigenvalue weighted by atomic mass is 10.0. The lowest BCUT2D eigenvalue weighted by Crippen LogP contribution is -2.43. The first-order chi connectivity index (χ1) is 11.3. The summed E-state index contributed by atoms with van der Waals surface area (Å²) in [4.78, 5) is 27.4. The monoisotopic (exact) mass is 342 g/mol. The molecule has 24 heavy (non-hydrogen) atoms. The van der Waals surface area contributed by atoms with Gasteiger partial charge < -0.3 is 15.2 Å². The highest BCUT2D eigenvalue weighted by molar-refractivity contribution is 5.80. The van der Waals surface area contributed by atoms with Crippen LogP contribution in [-0.2, 0) is 16.1 Å². The summed E-state index contributed by atoms with van der Waals surface area (Å²) in [7, 11) is 0. The Bertz CT molecular complexity index is 548. The maximum atomic E-state index is 11.8. The summed E-state index contributed by atoms with van der Waals surface area (Å²) in [6.07, 6.45) is -0.212. The minimum absolute atomic E-state index is 0.0120. The summed E-state index contributed by atoms with van der Waals surface area (Å²) < 4.78 is 5.08. The van der Waals surface area contributed by atoms with Gasteiger partial charge in [-0.3, -0.25) is 15.3 Å². The average molecular weight is 342 g/mol. The number of aliphatic carboxylic acids is 1. The zero-order valence-corrected chi connectivity index (χ0v) is 13.5. The molecule has 134 valence electrons. The number of amides is 1. The van der Waals surface area contributed by atoms with Gasteiger partial charge >= 0.3 is 12.1 Å². The number of hydrogen-bond acceptors (Lipinski definition) is 7. The molecule has 4 N–H and O–H groups in total. The first kappa shape index (κ1) is 19.8. The summed E-state index contributed by atoms with van der Waals surface area (Å²) in [5.41, 5.74) is 0.735. The molecule has 0 aliphatic rings. The lowest BCUT2D eigenvalue weighted by Gasteiger charge is -2.16. The maximum Gasteiger partial charge on any atom is 0.413 e. The van der Waals surface area contributed by atoms with Gasteiger partial charge in [-0.15, -0.1) is 0 Å². The van der Waals surface area contributed by atoms with Gasteiger partial charge in [-0.2, -0.15) is 0 Å². The SMILES string of the molecule is CC(C)CC(NC(=O)Oc1cccc(CCON(O)O)c1)C(=O)O. The third kappa shape index (κ3) is 7.88. The molecule has 9 heteroatoms. The predicted molar refractivity (Wildman–Crippen MR) is 81.5 cm³/mol. The number of benzene rings is 1. The van der Waals surface area contributed by atoms with Gasteiger partial charge in [0, 0.05) is 0 Å². The van der Waals surface area contributed by atoms with Gasteiger partial charge in [0.1, 0.15) is 11.8 Å². The second-order valence-corrected chi connectivity index (χ2v) is 5.54. The molecule has 0 saturated heterocycles. The summed E-state index contributed by atoms with van der Waals surface area (Å²) in [6, 6.07) is 5.49. The smallest absolute Gasteiger partial charge is 0.413 e. The fraction of sp³-hybridized carbons (Fsp3) is 0.467. The van der Waals surface area contributed by atoms with Crippen molar-refractivity contribution >= 4 is 12.1 Å². The molecular formula is C15H22N2O7. The molecule has 0 fully saturated rings. The highest BCUT2D eigenvalue weighted by Gasteiger charge is 2.22. The van der Waals surface area contributed by atoms with Crippen molar-refractivity contribution in [3.8, 4) is 5.75 Å². The number of nitrogens with zero attached hydrogens (tertiary/aromatic N) is 1. The van der Waals surface area contributed by atoms with Crippen molar-refractivity contribution in [2.45, 2.75) is 32.7 Å². The molecule has 0 saturated carbocycles. The molecule has 0 radical (unpaired) electrons. The number of carbonyl (C=O) groups excluding carboxylic acids is 1. The second kappa shape index (κ2) is 9.83. The number of nitrogens with one attached hydrogen (secondary N) is 1. The Labute approximate surface area is 139 Å². The first-order valence-corrected chi connectivity index (χ1v) is 7.38. The molecule has 1 aromatic rings. The van der Waals surface area contributed by atoms with E-state index in [4.69, 9.17) is 20.3 Å². The van der Waals surface area contributed by atoms with Crippen LogP contribution in [0, 0.1) is 5.92 Å². The van der Waals surface area contributed by atoms with E-state index in [2.05, 4.69) is 10.2 Å². The van der Waals surface area contributed by atoms with E-state index in [1.165, 1.54) is 0 Å². The van der Waals surface area contributed by atoms with Crippen LogP contribution in [0.4, 0.5) is 4.79 Å². The van der Waals surface area contributed by atoms with E-state index in [1.807, 2.05) is 13.8 Å². The van der Waals surface area contributed by atoms with Crippen LogP contribution in [0.3, 0.4) is 0 Å². The van der Waals surface area contributed by atoms with Gasteiger partial charge in [0.05, 0.1) is 12.0 Å². The van der Waals surface area contributed by atoms with Gasteiger partial charge in [0.25, 0.3) is 0 Å². The summed E-state index contributed by atoms with van der Waals surface area (Å²) >= 11 is 0. The average Bonchev–Trinajstić information content (AvgIpc) is 2.45. The molecule has 1 aromatic carbocycles. The van der Waals surface area contributed by atoms with Crippen LogP contribution in [0.25, 0.3) is 0 Å². The minimum Gasteiger partial charge on any atom is -0.480 e. The van der Waals surface area contributed by atoms with E-state index in [1.54, 1.807) is 24.3 Å². The molecule has 1 atom stereocenters. The Kier molecular flexibility index (Phi) is 8.13. The van der Waals surface area contributed by atoms with Crippen LogP contribution in [-0.4, -0.2) is 45.6 Å². The number of carboxylic acids is 1. The van der Waals surface area contributed by atoms with Gasteiger partial charge in [-0.1, -0.05) is 26.0 Å². The Morgan fingerprint density at radius 3 is 2.58 bits per heavy atom. The topological polar surface area (TPSA) is 129 Å². The van der Waals surface area contributed by atoms with E-state index in [0.29, 0.717) is 12.8 Å². The molecule has 0 aromatic heterocycles. The Balaban J connectivity index is 2.58. The minimum atomic E-state index is -1.12. The van der Waals surface area contributed by atoms with Gasteiger partial charge in [-0.05, 0) is 36.5 Å². The van der Waals surface area contributed by atoms with E-state index < -0.39 is 18.1 Å². The molecule has 0 spiro atoms. The Hall–Kier alpha value is -2.20. The quantitative estimate of drug-likeness (QED) is 0.500. The predicted octanol–water partition coefficient (Wildman–Crippen LogP) is 1.83. The van der Waals surface area contributed by atoms with Crippen molar-refractivity contribution in [1.82, 2.24) is 10.7 Å². The van der Waals surface area contributed by atoms with E-state index >= 15 is 0 Å². The molecule has 1 amide bonds. The molecule has 0 aliphatic carbocycles. The van der Waals surface area contributed by atoms with Crippen molar-refractivity contribution in [3.05, 3.63) is 29.8 Å². The normalized spacial score (nSPS) is 12.2. The van der Waals surface area contributed by atoms with Crippen molar-refractivity contribution in [1.29, 1.82) is 0 Å². The van der Waals surface area contributed by atoms with Crippen LogP contribution in [0.15, 0.2) is 24.3 Å². The fourth-order valence-corrected chi connectivity index (χ4v) is 1.98. The van der Waals surface area contributed by atoms with E-state index in [-0.39, 0.29) is 23.7 Å². The molecular weight excluding hydrogens is 320 g/mol. The molecule has 0 heterocycles. The van der Waals surface area contributed by atoms with Crippen molar-refractivity contribution < 1.29 is 34.7 Å². The third-order valence-electron chi connectivity index (χ3n) is 3.00. The number of carboxylic acid groups (broad SMARTS) is 1. The van der Waals surface area contributed by atoms with Crippen molar-refractivity contribution in [2.75, 3.05) is 6.61 Å². The zero-order chi connectivity index (χ0) is 18.1. The van der Waals surface area contributed by atoms with Gasteiger partial charge in [0.15, 0.2) is 0 Å². The molecule has 0 aliphatic heterocycles. The van der Waals surface area contributed by atoms with Crippen LogP contribution in [0.5, 0.6) is 5.75 Å². The van der Waals surface area contributed by atoms with Crippen LogP contribution >= 0.6 is 0 Å². The lowest BCUT2D eigenvalue weighted by molar-refractivity contribution is -0.492. The number of rotatable bonds is 9. The van der Waals surface area contributed by atoms with Crippen LogP contribution in [0.2, 0.25) is 0 Å². The summed E-state index contributed by atoms with van der Waals surface area (Å²) in [5.74, 6) is -0.778. The van der Waals surface area contributed by atoms with Crippen molar-refractivity contribution in [2.24, 2.45) is 5.92 Å².